The van der Waals surface area contributed by atoms with Crippen molar-refractivity contribution in [3.8, 4) is 0 Å². The number of nitrogens with one attached hydrogen (secondary N) is 1. The molecule has 0 atom stereocenters. The lowest BCUT2D eigenvalue weighted by atomic mass is 10.2. The van der Waals surface area contributed by atoms with Crippen LogP contribution in [0.15, 0.2) is 53.3 Å². The first-order valence-electron chi connectivity index (χ1n) is 9.07. The second kappa shape index (κ2) is 8.82. The highest BCUT2D eigenvalue weighted by Gasteiger charge is 2.16. The van der Waals surface area contributed by atoms with Crippen molar-refractivity contribution in [2.45, 2.75) is 39.3 Å². The van der Waals surface area contributed by atoms with Crippen molar-refractivity contribution in [3.05, 3.63) is 75.3 Å². The number of H-pyrrole nitrogens is 1. The van der Waals surface area contributed by atoms with E-state index >= 15 is 0 Å². The first-order valence-corrected chi connectivity index (χ1v) is 9.44. The van der Waals surface area contributed by atoms with Crippen LogP contribution in [0.2, 0.25) is 5.02 Å². The molecule has 0 aliphatic rings. The van der Waals surface area contributed by atoms with Gasteiger partial charge in [-0.25, -0.2) is 4.98 Å². The van der Waals surface area contributed by atoms with Crippen LogP contribution < -0.4 is 5.56 Å². The zero-order chi connectivity index (χ0) is 19.2. The van der Waals surface area contributed by atoms with Gasteiger partial charge >= 0.3 is 0 Å². The molecular weight excluding hydrogens is 362 g/mol. The third-order valence-electron chi connectivity index (χ3n) is 4.39. The number of aromatic amines is 1. The maximum Gasteiger partial charge on any atom is 0.258 e. The Morgan fingerprint density at radius 2 is 1.85 bits per heavy atom. The van der Waals surface area contributed by atoms with Crippen LogP contribution in [0.3, 0.4) is 0 Å². The Morgan fingerprint density at radius 3 is 2.59 bits per heavy atom. The summed E-state index contributed by atoms with van der Waals surface area (Å²) in [5.41, 5.74) is 1.42. The van der Waals surface area contributed by atoms with Gasteiger partial charge in [-0.3, -0.25) is 9.59 Å². The Hall–Kier alpha value is -2.66. The highest BCUT2D eigenvalue weighted by Crippen LogP contribution is 2.15. The molecule has 1 N–H and O–H groups in total. The van der Waals surface area contributed by atoms with E-state index in [0.29, 0.717) is 34.7 Å². The van der Waals surface area contributed by atoms with Crippen LogP contribution >= 0.6 is 11.6 Å². The third kappa shape index (κ3) is 4.95. The molecule has 0 saturated heterocycles. The Labute approximate surface area is 163 Å². The van der Waals surface area contributed by atoms with E-state index in [-0.39, 0.29) is 18.0 Å². The zero-order valence-electron chi connectivity index (χ0n) is 15.2. The van der Waals surface area contributed by atoms with Crippen molar-refractivity contribution in [2.24, 2.45) is 0 Å². The fourth-order valence-corrected chi connectivity index (χ4v) is 3.05. The molecule has 0 fully saturated rings. The topological polar surface area (TPSA) is 66.1 Å². The lowest BCUT2D eigenvalue weighted by Crippen LogP contribution is -2.31. The average molecular weight is 384 g/mol. The lowest BCUT2D eigenvalue weighted by molar-refractivity contribution is -0.132. The number of amides is 1. The number of unbranched alkanes of at least 4 members (excludes halogenated alkanes) is 1. The second-order valence-corrected chi connectivity index (χ2v) is 6.95. The summed E-state index contributed by atoms with van der Waals surface area (Å²) in [6.45, 7) is 2.75. The summed E-state index contributed by atoms with van der Waals surface area (Å²) in [6.07, 6.45) is 2.26. The second-order valence-electron chi connectivity index (χ2n) is 6.51. The van der Waals surface area contributed by atoms with E-state index in [1.165, 1.54) is 0 Å². The molecule has 0 radical (unpaired) electrons. The van der Waals surface area contributed by atoms with E-state index in [9.17, 15) is 9.59 Å². The number of para-hydroxylation sites is 1. The molecule has 0 unspecified atom stereocenters. The molecule has 3 aromatic rings. The molecule has 27 heavy (non-hydrogen) atoms. The molecule has 140 valence electrons. The first kappa shape index (κ1) is 19.1. The minimum atomic E-state index is -0.192. The minimum absolute atomic E-state index is 0.0441. The summed E-state index contributed by atoms with van der Waals surface area (Å²) in [6, 6.07) is 14.6. The maximum atomic E-state index is 12.7. The van der Waals surface area contributed by atoms with Gasteiger partial charge in [0.2, 0.25) is 5.91 Å². The number of benzene rings is 2. The monoisotopic (exact) mass is 383 g/mol. The van der Waals surface area contributed by atoms with Gasteiger partial charge in [-0.15, -0.1) is 0 Å². The van der Waals surface area contributed by atoms with E-state index in [4.69, 9.17) is 11.6 Å². The average Bonchev–Trinajstić information content (AvgIpc) is 2.67. The van der Waals surface area contributed by atoms with E-state index in [0.717, 1.165) is 18.4 Å². The van der Waals surface area contributed by atoms with Crippen molar-refractivity contribution < 1.29 is 4.79 Å². The Kier molecular flexibility index (Phi) is 6.24. The highest BCUT2D eigenvalue weighted by molar-refractivity contribution is 6.30. The fourth-order valence-electron chi connectivity index (χ4n) is 2.92. The normalized spacial score (nSPS) is 10.9. The van der Waals surface area contributed by atoms with Gasteiger partial charge in [0, 0.05) is 18.0 Å². The molecule has 0 aliphatic carbocycles. The minimum Gasteiger partial charge on any atom is -0.331 e. The Morgan fingerprint density at radius 1 is 1.11 bits per heavy atom. The predicted octanol–water partition coefficient (Wildman–Crippen LogP) is 4.30. The van der Waals surface area contributed by atoms with E-state index in [1.54, 1.807) is 23.1 Å². The number of rotatable bonds is 7. The van der Waals surface area contributed by atoms with Crippen molar-refractivity contribution in [1.82, 2.24) is 14.9 Å². The largest absolute Gasteiger partial charge is 0.331 e. The van der Waals surface area contributed by atoms with Crippen LogP contribution in [0.1, 0.15) is 37.6 Å². The van der Waals surface area contributed by atoms with Crippen molar-refractivity contribution in [1.29, 1.82) is 0 Å². The molecular formula is C21H22ClN3O2. The van der Waals surface area contributed by atoms with Crippen molar-refractivity contribution in [3.63, 3.8) is 0 Å². The molecule has 5 nitrogen and oxygen atoms in total. The summed E-state index contributed by atoms with van der Waals surface area (Å²) in [4.78, 5) is 34.1. The Balaban J connectivity index is 1.87. The molecule has 0 bridgehead atoms. The highest BCUT2D eigenvalue weighted by atomic mass is 35.5. The summed E-state index contributed by atoms with van der Waals surface area (Å²) in [5.74, 6) is 0.528. The molecule has 1 amide bonds. The van der Waals surface area contributed by atoms with Gasteiger partial charge in [0.05, 0.1) is 17.4 Å². The van der Waals surface area contributed by atoms with Gasteiger partial charge in [0.25, 0.3) is 5.56 Å². The summed E-state index contributed by atoms with van der Waals surface area (Å²) in [7, 11) is 0. The molecule has 0 saturated carbocycles. The van der Waals surface area contributed by atoms with Gasteiger partial charge in [0.1, 0.15) is 5.82 Å². The van der Waals surface area contributed by atoms with Gasteiger partial charge in [0.15, 0.2) is 0 Å². The number of aromatic nitrogens is 2. The predicted molar refractivity (Wildman–Crippen MR) is 108 cm³/mol. The standard InChI is InChI=1S/C21H22ClN3O2/c1-2-3-8-20(26)25(13-15-9-11-16(22)12-10-15)14-19-23-18-7-5-4-6-17(18)21(27)24-19/h4-7,9-12H,2-3,8,13-14H2,1H3,(H,23,24,27). The number of nitrogens with zero attached hydrogens (tertiary/aromatic N) is 2. The van der Waals surface area contributed by atoms with Crippen molar-refractivity contribution in [2.75, 3.05) is 0 Å². The lowest BCUT2D eigenvalue weighted by Gasteiger charge is -2.22. The zero-order valence-corrected chi connectivity index (χ0v) is 16.0. The molecule has 1 heterocycles. The van der Waals surface area contributed by atoms with Crippen molar-refractivity contribution >= 4 is 28.4 Å². The number of carbonyl (C=O) groups excluding carboxylic acids is 1. The maximum absolute atomic E-state index is 12.7. The van der Waals surface area contributed by atoms with Crippen LogP contribution in [0.5, 0.6) is 0 Å². The summed E-state index contributed by atoms with van der Waals surface area (Å²) < 4.78 is 0. The Bertz CT molecular complexity index is 983. The van der Waals surface area contributed by atoms with E-state index in [1.807, 2.05) is 30.3 Å². The molecule has 3 rings (SSSR count). The number of hydrogen-bond donors (Lipinski definition) is 1. The van der Waals surface area contributed by atoms with Gasteiger partial charge < -0.3 is 9.88 Å². The number of fused-ring (bicyclic) bond motifs is 1. The molecule has 2 aromatic carbocycles. The van der Waals surface area contributed by atoms with Crippen LogP contribution in [-0.2, 0) is 17.9 Å². The van der Waals surface area contributed by atoms with Crippen LogP contribution in [-0.4, -0.2) is 20.8 Å². The van der Waals surface area contributed by atoms with Gasteiger partial charge in [-0.2, -0.15) is 0 Å². The van der Waals surface area contributed by atoms with E-state index in [2.05, 4.69) is 16.9 Å². The summed E-state index contributed by atoms with van der Waals surface area (Å²) in [5, 5.41) is 1.20. The third-order valence-corrected chi connectivity index (χ3v) is 4.64. The van der Waals surface area contributed by atoms with Crippen LogP contribution in [0.25, 0.3) is 10.9 Å². The van der Waals surface area contributed by atoms with Crippen LogP contribution in [0, 0.1) is 0 Å². The fraction of sp³-hybridized carbons (Fsp3) is 0.286. The van der Waals surface area contributed by atoms with Gasteiger partial charge in [-0.1, -0.05) is 49.2 Å². The number of halogens is 1. The van der Waals surface area contributed by atoms with Crippen LogP contribution in [0.4, 0.5) is 0 Å². The van der Waals surface area contributed by atoms with Gasteiger partial charge in [-0.05, 0) is 36.2 Å². The number of hydrogen-bond acceptors (Lipinski definition) is 3. The molecule has 6 heteroatoms. The molecule has 0 spiro atoms. The first-order chi connectivity index (χ1) is 13.1. The smallest absolute Gasteiger partial charge is 0.258 e. The summed E-state index contributed by atoms with van der Waals surface area (Å²) >= 11 is 5.95. The number of carbonyl (C=O) groups is 1. The van der Waals surface area contributed by atoms with E-state index < -0.39 is 0 Å². The SMILES string of the molecule is CCCCC(=O)N(Cc1ccc(Cl)cc1)Cc1nc2ccccc2c(=O)[nH]1. The quantitative estimate of drug-likeness (QED) is 0.661. The molecule has 1 aromatic heterocycles. The molecule has 0 aliphatic heterocycles.